The van der Waals surface area contributed by atoms with Crippen molar-refractivity contribution in [2.24, 2.45) is 0 Å². The summed E-state index contributed by atoms with van der Waals surface area (Å²) in [6.07, 6.45) is 0. The van der Waals surface area contributed by atoms with Crippen LogP contribution >= 0.6 is 0 Å². The summed E-state index contributed by atoms with van der Waals surface area (Å²) >= 11 is 0. The highest BCUT2D eigenvalue weighted by Crippen LogP contribution is 2.25. The minimum atomic E-state index is -0.916. The molecule has 0 saturated carbocycles. The molecule has 1 N–H and O–H groups in total. The first-order valence-electron chi connectivity index (χ1n) is 6.70. The predicted octanol–water partition coefficient (Wildman–Crippen LogP) is 3.34. The van der Waals surface area contributed by atoms with E-state index >= 15 is 0 Å². The van der Waals surface area contributed by atoms with Crippen LogP contribution in [0.5, 0.6) is 5.75 Å². The third-order valence-electron chi connectivity index (χ3n) is 3.39. The molecule has 0 heterocycles. The van der Waals surface area contributed by atoms with E-state index in [1.165, 1.54) is 0 Å². The third kappa shape index (κ3) is 3.34. The summed E-state index contributed by atoms with van der Waals surface area (Å²) in [5.41, 5.74) is 2.95. The highest BCUT2D eigenvalue weighted by Gasteiger charge is 2.15. The Morgan fingerprint density at radius 3 is 2.62 bits per heavy atom. The number of carboxylic acids is 1. The van der Waals surface area contributed by atoms with Crippen molar-refractivity contribution in [3.05, 3.63) is 59.2 Å². The highest BCUT2D eigenvalue weighted by molar-refractivity contribution is 5.94. The summed E-state index contributed by atoms with van der Waals surface area (Å²) in [4.78, 5) is 13.3. The van der Waals surface area contributed by atoms with Gasteiger partial charge in [0.05, 0.1) is 18.4 Å². The van der Waals surface area contributed by atoms with Crippen molar-refractivity contribution in [3.8, 4) is 5.75 Å². The van der Waals surface area contributed by atoms with E-state index in [9.17, 15) is 9.90 Å². The van der Waals surface area contributed by atoms with Crippen molar-refractivity contribution >= 4 is 11.7 Å². The van der Waals surface area contributed by atoms with Gasteiger partial charge < -0.3 is 14.7 Å². The topological polar surface area (TPSA) is 49.8 Å². The van der Waals surface area contributed by atoms with Crippen LogP contribution in [0.25, 0.3) is 0 Å². The summed E-state index contributed by atoms with van der Waals surface area (Å²) in [6.45, 7) is 2.46. The van der Waals surface area contributed by atoms with Gasteiger partial charge in [0.2, 0.25) is 0 Å². The Labute approximate surface area is 124 Å². The van der Waals surface area contributed by atoms with E-state index in [-0.39, 0.29) is 0 Å². The average Bonchev–Trinajstić information content (AvgIpc) is 2.47. The van der Waals surface area contributed by atoms with Gasteiger partial charge in [0.15, 0.2) is 0 Å². The van der Waals surface area contributed by atoms with Gasteiger partial charge in [-0.2, -0.15) is 0 Å². The Hall–Kier alpha value is -2.49. The fraction of sp³-hybridized carbons (Fsp3) is 0.235. The summed E-state index contributed by atoms with van der Waals surface area (Å²) < 4.78 is 5.34. The predicted molar refractivity (Wildman–Crippen MR) is 83.2 cm³/mol. The van der Waals surface area contributed by atoms with Gasteiger partial charge in [-0.05, 0) is 25.1 Å². The quantitative estimate of drug-likeness (QED) is 0.915. The van der Waals surface area contributed by atoms with Crippen LogP contribution in [-0.2, 0) is 6.54 Å². The minimum absolute atomic E-state index is 0.312. The molecule has 21 heavy (non-hydrogen) atoms. The zero-order valence-electron chi connectivity index (χ0n) is 12.5. The van der Waals surface area contributed by atoms with Crippen LogP contribution in [-0.4, -0.2) is 25.2 Å². The lowest BCUT2D eigenvalue weighted by molar-refractivity contribution is 0.0697. The summed E-state index contributed by atoms with van der Waals surface area (Å²) in [6, 6.07) is 13.2. The van der Waals surface area contributed by atoms with Gasteiger partial charge in [-0.15, -0.1) is 0 Å². The highest BCUT2D eigenvalue weighted by atomic mass is 16.5. The van der Waals surface area contributed by atoms with Crippen LogP contribution in [0.3, 0.4) is 0 Å². The van der Waals surface area contributed by atoms with Gasteiger partial charge in [0, 0.05) is 19.2 Å². The van der Waals surface area contributed by atoms with Gasteiger partial charge in [-0.3, -0.25) is 0 Å². The molecule has 2 aromatic rings. The fourth-order valence-corrected chi connectivity index (χ4v) is 2.33. The van der Waals surface area contributed by atoms with E-state index in [1.807, 2.05) is 55.3 Å². The Morgan fingerprint density at radius 1 is 1.24 bits per heavy atom. The molecule has 110 valence electrons. The van der Waals surface area contributed by atoms with Gasteiger partial charge in [-0.1, -0.05) is 29.8 Å². The van der Waals surface area contributed by atoms with E-state index in [4.69, 9.17) is 4.74 Å². The van der Waals surface area contributed by atoms with Crippen molar-refractivity contribution in [1.82, 2.24) is 0 Å². The van der Waals surface area contributed by atoms with Crippen molar-refractivity contribution in [3.63, 3.8) is 0 Å². The van der Waals surface area contributed by atoms with Crippen LogP contribution in [0.2, 0.25) is 0 Å². The van der Waals surface area contributed by atoms with Crippen LogP contribution < -0.4 is 9.64 Å². The first-order valence-corrected chi connectivity index (χ1v) is 6.70. The Morgan fingerprint density at radius 2 is 1.95 bits per heavy atom. The molecule has 0 aliphatic rings. The van der Waals surface area contributed by atoms with E-state index in [0.29, 0.717) is 17.8 Å². The van der Waals surface area contributed by atoms with E-state index in [2.05, 4.69) is 0 Å². The number of carbonyl (C=O) groups is 1. The van der Waals surface area contributed by atoms with Gasteiger partial charge in [0.1, 0.15) is 5.75 Å². The molecule has 0 radical (unpaired) electrons. The van der Waals surface area contributed by atoms with E-state index < -0.39 is 5.97 Å². The second kappa shape index (κ2) is 6.31. The standard InChI is InChI=1S/C17H19NO3/c1-12-8-9-15(14(10-12)17(19)20)18(2)11-13-6-4-5-7-16(13)21-3/h4-10H,11H2,1-3H3,(H,19,20). The lowest BCUT2D eigenvalue weighted by atomic mass is 10.1. The maximum absolute atomic E-state index is 11.4. The number of aromatic carboxylic acids is 1. The van der Waals surface area contributed by atoms with Crippen molar-refractivity contribution in [2.45, 2.75) is 13.5 Å². The lowest BCUT2D eigenvalue weighted by Gasteiger charge is -2.22. The number of para-hydroxylation sites is 1. The number of carboxylic acid groups (broad SMARTS) is 1. The summed E-state index contributed by atoms with van der Waals surface area (Å²) in [7, 11) is 3.51. The van der Waals surface area contributed by atoms with Crippen molar-refractivity contribution < 1.29 is 14.6 Å². The van der Waals surface area contributed by atoms with Crippen LogP contribution in [0.4, 0.5) is 5.69 Å². The number of nitrogens with zero attached hydrogens (tertiary/aromatic N) is 1. The molecule has 0 saturated heterocycles. The zero-order chi connectivity index (χ0) is 15.4. The molecular formula is C17H19NO3. The van der Waals surface area contributed by atoms with Gasteiger partial charge in [-0.25, -0.2) is 4.79 Å². The number of methoxy groups -OCH3 is 1. The second-order valence-corrected chi connectivity index (χ2v) is 4.99. The molecule has 0 aromatic heterocycles. The maximum Gasteiger partial charge on any atom is 0.337 e. The van der Waals surface area contributed by atoms with Gasteiger partial charge in [0.25, 0.3) is 0 Å². The molecule has 0 atom stereocenters. The molecular weight excluding hydrogens is 266 g/mol. The van der Waals surface area contributed by atoms with Crippen LogP contribution in [0.1, 0.15) is 21.5 Å². The number of aryl methyl sites for hydroxylation is 1. The van der Waals surface area contributed by atoms with Crippen molar-refractivity contribution in [1.29, 1.82) is 0 Å². The molecule has 0 amide bonds. The Bertz CT molecular complexity index is 652. The number of ether oxygens (including phenoxy) is 1. The molecule has 0 aliphatic heterocycles. The second-order valence-electron chi connectivity index (χ2n) is 4.99. The average molecular weight is 285 g/mol. The lowest BCUT2D eigenvalue weighted by Crippen LogP contribution is -2.20. The number of hydrogen-bond acceptors (Lipinski definition) is 3. The molecule has 4 nitrogen and oxygen atoms in total. The zero-order valence-corrected chi connectivity index (χ0v) is 12.5. The van der Waals surface area contributed by atoms with Crippen molar-refractivity contribution in [2.75, 3.05) is 19.1 Å². The molecule has 0 bridgehead atoms. The molecule has 0 aliphatic carbocycles. The number of hydrogen-bond donors (Lipinski definition) is 1. The smallest absolute Gasteiger partial charge is 0.337 e. The summed E-state index contributed by atoms with van der Waals surface area (Å²) in [5, 5.41) is 9.35. The first-order chi connectivity index (χ1) is 10.0. The van der Waals surface area contributed by atoms with E-state index in [1.54, 1.807) is 13.2 Å². The molecule has 4 heteroatoms. The number of rotatable bonds is 5. The molecule has 0 spiro atoms. The fourth-order valence-electron chi connectivity index (χ4n) is 2.33. The monoisotopic (exact) mass is 285 g/mol. The normalized spacial score (nSPS) is 10.2. The SMILES string of the molecule is COc1ccccc1CN(C)c1ccc(C)cc1C(=O)O. The largest absolute Gasteiger partial charge is 0.496 e. The molecule has 2 aromatic carbocycles. The van der Waals surface area contributed by atoms with Crippen LogP contribution in [0.15, 0.2) is 42.5 Å². The third-order valence-corrected chi connectivity index (χ3v) is 3.39. The van der Waals surface area contributed by atoms with Crippen LogP contribution in [0, 0.1) is 6.92 Å². The number of anilines is 1. The molecule has 2 rings (SSSR count). The first kappa shape index (κ1) is 14.9. The van der Waals surface area contributed by atoms with Gasteiger partial charge >= 0.3 is 5.97 Å². The maximum atomic E-state index is 11.4. The molecule has 0 unspecified atom stereocenters. The minimum Gasteiger partial charge on any atom is -0.496 e. The Balaban J connectivity index is 2.32. The van der Waals surface area contributed by atoms with E-state index in [0.717, 1.165) is 16.9 Å². The Kier molecular flexibility index (Phi) is 4.48. The summed E-state index contributed by atoms with van der Waals surface area (Å²) in [5.74, 6) is -0.117. The molecule has 0 fully saturated rings. The number of benzene rings is 2.